The van der Waals surface area contributed by atoms with Crippen molar-refractivity contribution in [2.24, 2.45) is 11.7 Å². The van der Waals surface area contributed by atoms with Gasteiger partial charge in [-0.05, 0) is 42.9 Å². The molecule has 1 aliphatic heterocycles. The van der Waals surface area contributed by atoms with Gasteiger partial charge in [0.05, 0.1) is 0 Å². The van der Waals surface area contributed by atoms with E-state index in [2.05, 4.69) is 43.0 Å². The molecule has 19 heavy (non-hydrogen) atoms. The maximum atomic E-state index is 6.05. The van der Waals surface area contributed by atoms with E-state index in [0.29, 0.717) is 6.04 Å². The average Bonchev–Trinajstić information content (AvgIpc) is 2.49. The highest BCUT2D eigenvalue weighted by atomic mass is 15.2. The van der Waals surface area contributed by atoms with E-state index in [4.69, 9.17) is 5.73 Å². The topological polar surface area (TPSA) is 29.3 Å². The van der Waals surface area contributed by atoms with E-state index in [-0.39, 0.29) is 0 Å². The molecule has 106 valence electrons. The molecule has 0 saturated carbocycles. The molecule has 1 aromatic rings. The number of piperidine rings is 1. The molecular weight excluding hydrogens is 232 g/mol. The highest BCUT2D eigenvalue weighted by Crippen LogP contribution is 2.27. The molecule has 0 radical (unpaired) electrons. The molecule has 0 aromatic heterocycles. The third-order valence-corrected chi connectivity index (χ3v) is 4.56. The summed E-state index contributed by atoms with van der Waals surface area (Å²) in [6, 6.07) is 9.44. The normalized spacial score (nSPS) is 22.4. The minimum absolute atomic E-state index is 0.403. The molecular formula is C17H28N2. The first-order chi connectivity index (χ1) is 9.28. The van der Waals surface area contributed by atoms with Crippen molar-refractivity contribution >= 4 is 0 Å². The molecule has 1 aliphatic rings. The van der Waals surface area contributed by atoms with Crippen LogP contribution in [0.15, 0.2) is 24.3 Å². The fourth-order valence-corrected chi connectivity index (χ4v) is 3.19. The van der Waals surface area contributed by atoms with Gasteiger partial charge in [0.2, 0.25) is 0 Å². The van der Waals surface area contributed by atoms with Crippen LogP contribution in [0.2, 0.25) is 0 Å². The van der Waals surface area contributed by atoms with E-state index in [9.17, 15) is 0 Å². The molecule has 1 aromatic carbocycles. The van der Waals surface area contributed by atoms with E-state index in [0.717, 1.165) is 18.9 Å². The first-order valence-electron chi connectivity index (χ1n) is 7.81. The van der Waals surface area contributed by atoms with Gasteiger partial charge in [0, 0.05) is 19.1 Å². The summed E-state index contributed by atoms with van der Waals surface area (Å²) in [6.07, 6.45) is 5.11. The Labute approximate surface area is 118 Å². The molecule has 1 heterocycles. The van der Waals surface area contributed by atoms with Gasteiger partial charge in [-0.1, -0.05) is 44.5 Å². The average molecular weight is 260 g/mol. The summed E-state index contributed by atoms with van der Waals surface area (Å²) in [5, 5.41) is 0. The summed E-state index contributed by atoms with van der Waals surface area (Å²) in [5.41, 5.74) is 8.84. The van der Waals surface area contributed by atoms with Crippen molar-refractivity contribution in [2.75, 3.05) is 19.6 Å². The number of hydrogen-bond acceptors (Lipinski definition) is 2. The molecule has 0 bridgehead atoms. The standard InChI is InChI=1S/C17H28N2/c1-3-14-7-9-16(10-8-14)17(12-18)19-11-5-6-15(4-2)13-19/h7-10,15,17H,3-6,11-13,18H2,1-2H3. The number of aryl methyl sites for hydroxylation is 1. The maximum Gasteiger partial charge on any atom is 0.0470 e. The van der Waals surface area contributed by atoms with E-state index >= 15 is 0 Å². The predicted molar refractivity (Wildman–Crippen MR) is 82.2 cm³/mol. The summed E-state index contributed by atoms with van der Waals surface area (Å²) < 4.78 is 0. The highest BCUT2D eigenvalue weighted by Gasteiger charge is 2.25. The van der Waals surface area contributed by atoms with Crippen molar-refractivity contribution in [1.82, 2.24) is 4.90 Å². The lowest BCUT2D eigenvalue weighted by atomic mass is 9.92. The third kappa shape index (κ3) is 3.58. The second-order valence-corrected chi connectivity index (χ2v) is 5.76. The Hall–Kier alpha value is -0.860. The van der Waals surface area contributed by atoms with Gasteiger partial charge >= 0.3 is 0 Å². The number of likely N-dealkylation sites (tertiary alicyclic amines) is 1. The Bertz CT molecular complexity index is 371. The fraction of sp³-hybridized carbons (Fsp3) is 0.647. The van der Waals surface area contributed by atoms with Gasteiger partial charge in [0.25, 0.3) is 0 Å². The fourth-order valence-electron chi connectivity index (χ4n) is 3.19. The summed E-state index contributed by atoms with van der Waals surface area (Å²) >= 11 is 0. The molecule has 2 unspecified atom stereocenters. The lowest BCUT2D eigenvalue weighted by Gasteiger charge is -2.38. The highest BCUT2D eigenvalue weighted by molar-refractivity contribution is 5.25. The van der Waals surface area contributed by atoms with Crippen molar-refractivity contribution in [3.05, 3.63) is 35.4 Å². The van der Waals surface area contributed by atoms with Crippen LogP contribution in [0.1, 0.15) is 50.3 Å². The van der Waals surface area contributed by atoms with Crippen molar-refractivity contribution in [2.45, 2.75) is 45.6 Å². The van der Waals surface area contributed by atoms with Gasteiger partial charge in [-0.3, -0.25) is 4.90 Å². The monoisotopic (exact) mass is 260 g/mol. The lowest BCUT2D eigenvalue weighted by molar-refractivity contribution is 0.124. The van der Waals surface area contributed by atoms with Gasteiger partial charge in [-0.2, -0.15) is 0 Å². The van der Waals surface area contributed by atoms with Gasteiger partial charge in [0.1, 0.15) is 0 Å². The third-order valence-electron chi connectivity index (χ3n) is 4.56. The Morgan fingerprint density at radius 2 is 2.00 bits per heavy atom. The van der Waals surface area contributed by atoms with Gasteiger partial charge in [0.15, 0.2) is 0 Å². The summed E-state index contributed by atoms with van der Waals surface area (Å²) in [7, 11) is 0. The molecule has 2 nitrogen and oxygen atoms in total. The van der Waals surface area contributed by atoms with Crippen molar-refractivity contribution in [3.8, 4) is 0 Å². The van der Waals surface area contributed by atoms with Gasteiger partial charge in [-0.15, -0.1) is 0 Å². The summed E-state index contributed by atoms with van der Waals surface area (Å²) in [4.78, 5) is 2.60. The zero-order valence-corrected chi connectivity index (χ0v) is 12.4. The van der Waals surface area contributed by atoms with Crippen LogP contribution in [0, 0.1) is 5.92 Å². The van der Waals surface area contributed by atoms with Crippen molar-refractivity contribution in [3.63, 3.8) is 0 Å². The minimum Gasteiger partial charge on any atom is -0.329 e. The number of rotatable bonds is 5. The Morgan fingerprint density at radius 3 is 2.58 bits per heavy atom. The number of nitrogens with zero attached hydrogens (tertiary/aromatic N) is 1. The van der Waals surface area contributed by atoms with E-state index in [1.807, 2.05) is 0 Å². The number of benzene rings is 1. The lowest BCUT2D eigenvalue weighted by Crippen LogP contribution is -2.40. The van der Waals surface area contributed by atoms with Crippen LogP contribution in [0.3, 0.4) is 0 Å². The van der Waals surface area contributed by atoms with Crippen LogP contribution < -0.4 is 5.73 Å². The molecule has 1 fully saturated rings. The largest absolute Gasteiger partial charge is 0.329 e. The van der Waals surface area contributed by atoms with Crippen LogP contribution in [0.5, 0.6) is 0 Å². The molecule has 0 aliphatic carbocycles. The first kappa shape index (κ1) is 14.5. The minimum atomic E-state index is 0.403. The van der Waals surface area contributed by atoms with Crippen LogP contribution >= 0.6 is 0 Å². The van der Waals surface area contributed by atoms with Crippen molar-refractivity contribution in [1.29, 1.82) is 0 Å². The second kappa shape index (κ2) is 7.06. The zero-order valence-electron chi connectivity index (χ0n) is 12.4. The summed E-state index contributed by atoms with van der Waals surface area (Å²) in [5.74, 6) is 0.859. The molecule has 0 amide bonds. The smallest absolute Gasteiger partial charge is 0.0470 e. The molecule has 2 rings (SSSR count). The number of hydrogen-bond donors (Lipinski definition) is 1. The molecule has 1 saturated heterocycles. The molecule has 2 N–H and O–H groups in total. The second-order valence-electron chi connectivity index (χ2n) is 5.76. The molecule has 2 atom stereocenters. The van der Waals surface area contributed by atoms with E-state index < -0.39 is 0 Å². The Kier molecular flexibility index (Phi) is 5.41. The van der Waals surface area contributed by atoms with Crippen LogP contribution in [0.25, 0.3) is 0 Å². The predicted octanol–water partition coefficient (Wildman–Crippen LogP) is 3.37. The van der Waals surface area contributed by atoms with Crippen molar-refractivity contribution < 1.29 is 0 Å². The molecule has 0 spiro atoms. The maximum absolute atomic E-state index is 6.05. The molecule has 2 heteroatoms. The quantitative estimate of drug-likeness (QED) is 0.879. The van der Waals surface area contributed by atoms with Crippen LogP contribution in [-0.4, -0.2) is 24.5 Å². The van der Waals surface area contributed by atoms with Gasteiger partial charge in [-0.25, -0.2) is 0 Å². The van der Waals surface area contributed by atoms with Gasteiger partial charge < -0.3 is 5.73 Å². The zero-order chi connectivity index (χ0) is 13.7. The Balaban J connectivity index is 2.09. The van der Waals surface area contributed by atoms with Crippen LogP contribution in [-0.2, 0) is 6.42 Å². The van der Waals surface area contributed by atoms with E-state index in [1.54, 1.807) is 0 Å². The Morgan fingerprint density at radius 1 is 1.26 bits per heavy atom. The number of nitrogens with two attached hydrogens (primary N) is 1. The first-order valence-corrected chi connectivity index (χ1v) is 7.81. The van der Waals surface area contributed by atoms with E-state index in [1.165, 1.54) is 43.5 Å². The SMILES string of the molecule is CCc1ccc(C(CN)N2CCCC(CC)C2)cc1. The van der Waals surface area contributed by atoms with Crippen LogP contribution in [0.4, 0.5) is 0 Å². The summed E-state index contributed by atoms with van der Waals surface area (Å²) in [6.45, 7) is 7.65.